The Morgan fingerprint density at radius 1 is 0.900 bits per heavy atom. The fourth-order valence-corrected chi connectivity index (χ4v) is 3.19. The van der Waals surface area contributed by atoms with E-state index >= 15 is 0 Å². The second kappa shape index (κ2) is 8.61. The molecule has 3 aromatic rings. The first-order valence-corrected chi connectivity index (χ1v) is 9.55. The fourth-order valence-electron chi connectivity index (χ4n) is 3.19. The number of benzene rings is 3. The molecule has 0 saturated heterocycles. The lowest BCUT2D eigenvalue weighted by molar-refractivity contribution is -0.116. The van der Waals surface area contributed by atoms with Gasteiger partial charge in [-0.3, -0.25) is 9.59 Å². The number of ketones is 1. The Labute approximate surface area is 173 Å². The number of esters is 1. The first-order valence-electron chi connectivity index (χ1n) is 9.55. The minimum atomic E-state index is -0.639. The molecule has 0 radical (unpaired) electrons. The molecule has 1 heterocycles. The van der Waals surface area contributed by atoms with Gasteiger partial charge in [-0.05, 0) is 54.4 Å². The lowest BCUT2D eigenvalue weighted by Crippen LogP contribution is -2.20. The summed E-state index contributed by atoms with van der Waals surface area (Å²) in [7, 11) is 0. The zero-order chi connectivity index (χ0) is 20.9. The van der Waals surface area contributed by atoms with E-state index in [2.05, 4.69) is 5.32 Å². The average Bonchev–Trinajstić information content (AvgIpc) is 2.78. The maximum atomic E-state index is 12.6. The van der Waals surface area contributed by atoms with Gasteiger partial charge >= 0.3 is 5.97 Å². The standard InChI is InChI=1S/C24H19NO5/c26-21(17-10-12-20-16(14-17)11-13-23(27)25-20)15-29-24(28)19-8-4-5-9-22(19)30-18-6-2-1-3-7-18/h1-10,12,14H,11,13,15H2,(H,25,27). The van der Waals surface area contributed by atoms with Crippen LogP contribution < -0.4 is 10.1 Å². The van der Waals surface area contributed by atoms with Gasteiger partial charge in [0, 0.05) is 17.7 Å². The molecule has 6 nitrogen and oxygen atoms in total. The van der Waals surface area contributed by atoms with Crippen molar-refractivity contribution >= 4 is 23.3 Å². The van der Waals surface area contributed by atoms with E-state index in [1.54, 1.807) is 54.6 Å². The highest BCUT2D eigenvalue weighted by Crippen LogP contribution is 2.26. The molecule has 1 amide bonds. The van der Waals surface area contributed by atoms with Crippen LogP contribution in [0.5, 0.6) is 11.5 Å². The van der Waals surface area contributed by atoms with Crippen LogP contribution in [0.4, 0.5) is 5.69 Å². The van der Waals surface area contributed by atoms with E-state index in [0.29, 0.717) is 35.6 Å². The monoisotopic (exact) mass is 401 g/mol. The van der Waals surface area contributed by atoms with Crippen LogP contribution in [0.2, 0.25) is 0 Å². The number of fused-ring (bicyclic) bond motifs is 1. The molecular weight excluding hydrogens is 382 g/mol. The number of nitrogens with one attached hydrogen (secondary N) is 1. The summed E-state index contributed by atoms with van der Waals surface area (Å²) in [5.41, 5.74) is 2.29. The topological polar surface area (TPSA) is 81.7 Å². The number of amides is 1. The molecule has 0 aliphatic carbocycles. The largest absolute Gasteiger partial charge is 0.456 e. The summed E-state index contributed by atoms with van der Waals surface area (Å²) in [6.07, 6.45) is 0.962. The lowest BCUT2D eigenvalue weighted by Gasteiger charge is -2.17. The van der Waals surface area contributed by atoms with E-state index in [4.69, 9.17) is 9.47 Å². The average molecular weight is 401 g/mol. The van der Waals surface area contributed by atoms with E-state index in [1.165, 1.54) is 0 Å². The number of hydrogen-bond donors (Lipinski definition) is 1. The van der Waals surface area contributed by atoms with E-state index in [-0.39, 0.29) is 23.9 Å². The van der Waals surface area contributed by atoms with Crippen LogP contribution in [0, 0.1) is 0 Å². The van der Waals surface area contributed by atoms with Crippen molar-refractivity contribution in [2.45, 2.75) is 12.8 Å². The second-order valence-corrected chi connectivity index (χ2v) is 6.83. The number of para-hydroxylation sites is 2. The molecule has 0 fully saturated rings. The molecule has 0 bridgehead atoms. The van der Waals surface area contributed by atoms with Gasteiger partial charge in [-0.2, -0.15) is 0 Å². The highest BCUT2D eigenvalue weighted by molar-refractivity contribution is 6.01. The minimum absolute atomic E-state index is 0.0353. The number of carbonyl (C=O) groups is 3. The van der Waals surface area contributed by atoms with E-state index < -0.39 is 5.97 Å². The Kier molecular flexibility index (Phi) is 5.57. The molecule has 30 heavy (non-hydrogen) atoms. The molecule has 0 unspecified atom stereocenters. The van der Waals surface area contributed by atoms with E-state index in [1.807, 2.05) is 18.2 Å². The molecule has 1 aliphatic heterocycles. The van der Waals surface area contributed by atoms with Gasteiger partial charge in [0.05, 0.1) is 0 Å². The predicted octanol–water partition coefficient (Wildman–Crippen LogP) is 4.40. The zero-order valence-corrected chi connectivity index (χ0v) is 16.1. The Bertz CT molecular complexity index is 1110. The number of hydrogen-bond acceptors (Lipinski definition) is 5. The Morgan fingerprint density at radius 3 is 2.50 bits per heavy atom. The molecule has 0 atom stereocenters. The van der Waals surface area contributed by atoms with Crippen LogP contribution >= 0.6 is 0 Å². The SMILES string of the molecule is O=C1CCc2cc(C(=O)COC(=O)c3ccccc3Oc3ccccc3)ccc2N1. The summed E-state index contributed by atoms with van der Waals surface area (Å²) >= 11 is 0. The molecule has 3 aromatic carbocycles. The normalized spacial score (nSPS) is 12.5. The summed E-state index contributed by atoms with van der Waals surface area (Å²) in [6, 6.07) is 20.9. The van der Waals surface area contributed by atoms with Gasteiger partial charge < -0.3 is 14.8 Å². The maximum absolute atomic E-state index is 12.6. The summed E-state index contributed by atoms with van der Waals surface area (Å²) in [5.74, 6) is -0.0443. The summed E-state index contributed by atoms with van der Waals surface area (Å²) in [6.45, 7) is -0.385. The van der Waals surface area contributed by atoms with Gasteiger partial charge in [-0.1, -0.05) is 30.3 Å². The van der Waals surface area contributed by atoms with Gasteiger partial charge in [-0.25, -0.2) is 4.79 Å². The maximum Gasteiger partial charge on any atom is 0.342 e. The molecule has 0 aromatic heterocycles. The van der Waals surface area contributed by atoms with Crippen molar-refractivity contribution in [3.63, 3.8) is 0 Å². The molecule has 4 rings (SSSR count). The summed E-state index contributed by atoms with van der Waals surface area (Å²) < 4.78 is 11.0. The van der Waals surface area contributed by atoms with Gasteiger partial charge in [0.2, 0.25) is 5.91 Å². The molecule has 1 aliphatic rings. The lowest BCUT2D eigenvalue weighted by atomic mass is 9.99. The van der Waals surface area contributed by atoms with Gasteiger partial charge in [0.1, 0.15) is 17.1 Å². The van der Waals surface area contributed by atoms with Gasteiger partial charge in [0.25, 0.3) is 0 Å². The molecule has 150 valence electrons. The quantitative estimate of drug-likeness (QED) is 0.489. The van der Waals surface area contributed by atoms with Crippen molar-refractivity contribution in [3.8, 4) is 11.5 Å². The third-order valence-electron chi connectivity index (χ3n) is 4.74. The number of aryl methyl sites for hydroxylation is 1. The molecule has 1 N–H and O–H groups in total. The minimum Gasteiger partial charge on any atom is -0.456 e. The van der Waals surface area contributed by atoms with E-state index in [9.17, 15) is 14.4 Å². The summed E-state index contributed by atoms with van der Waals surface area (Å²) in [4.78, 5) is 36.5. The van der Waals surface area contributed by atoms with Crippen molar-refractivity contribution in [1.29, 1.82) is 0 Å². The van der Waals surface area contributed by atoms with Crippen LogP contribution in [0.25, 0.3) is 0 Å². The van der Waals surface area contributed by atoms with Gasteiger partial charge in [0.15, 0.2) is 12.4 Å². The Balaban J connectivity index is 1.43. The highest BCUT2D eigenvalue weighted by Gasteiger charge is 2.19. The number of ether oxygens (including phenoxy) is 2. The van der Waals surface area contributed by atoms with Crippen molar-refractivity contribution < 1.29 is 23.9 Å². The van der Waals surface area contributed by atoms with Crippen molar-refractivity contribution in [2.75, 3.05) is 11.9 Å². The highest BCUT2D eigenvalue weighted by atomic mass is 16.5. The number of Topliss-reactive ketones (excluding diaryl/α,β-unsaturated/α-hetero) is 1. The van der Waals surface area contributed by atoms with Crippen molar-refractivity contribution in [3.05, 3.63) is 89.5 Å². The summed E-state index contributed by atoms with van der Waals surface area (Å²) in [5, 5.41) is 2.77. The van der Waals surface area contributed by atoms with Crippen LogP contribution in [-0.4, -0.2) is 24.3 Å². The zero-order valence-electron chi connectivity index (χ0n) is 16.1. The fraction of sp³-hybridized carbons (Fsp3) is 0.125. The third-order valence-corrected chi connectivity index (χ3v) is 4.74. The molecule has 6 heteroatoms. The van der Waals surface area contributed by atoms with Gasteiger partial charge in [-0.15, -0.1) is 0 Å². The van der Waals surface area contributed by atoms with Crippen molar-refractivity contribution in [2.24, 2.45) is 0 Å². The Morgan fingerprint density at radius 2 is 1.67 bits per heavy atom. The van der Waals surface area contributed by atoms with Crippen LogP contribution in [0.3, 0.4) is 0 Å². The smallest absolute Gasteiger partial charge is 0.342 e. The third kappa shape index (κ3) is 4.38. The number of carbonyl (C=O) groups excluding carboxylic acids is 3. The van der Waals surface area contributed by atoms with Crippen molar-refractivity contribution in [1.82, 2.24) is 0 Å². The molecular formula is C24H19NO5. The number of rotatable bonds is 6. The first kappa shape index (κ1) is 19.4. The molecule has 0 saturated carbocycles. The van der Waals surface area contributed by atoms with Crippen LogP contribution in [0.15, 0.2) is 72.8 Å². The van der Waals surface area contributed by atoms with Crippen LogP contribution in [-0.2, 0) is 16.0 Å². The predicted molar refractivity (Wildman–Crippen MR) is 111 cm³/mol. The number of anilines is 1. The Hall–Kier alpha value is -3.93. The first-order chi connectivity index (χ1) is 14.6. The van der Waals surface area contributed by atoms with Crippen LogP contribution in [0.1, 0.15) is 32.7 Å². The molecule has 0 spiro atoms. The second-order valence-electron chi connectivity index (χ2n) is 6.83. The van der Waals surface area contributed by atoms with E-state index in [0.717, 1.165) is 5.56 Å².